The van der Waals surface area contributed by atoms with Crippen molar-refractivity contribution in [3.05, 3.63) is 33.3 Å². The normalized spacial score (nSPS) is 20.2. The molecule has 0 radical (unpaired) electrons. The number of anilines is 1. The lowest BCUT2D eigenvalue weighted by Crippen LogP contribution is -2.41. The SMILES string of the molecule is CC(C(=O)Nc1ccc([N+](=O)[O-])cc1Cl)N1CC[C@H](O)C1. The number of non-ortho nitro benzene ring substituents is 1. The Bertz CT molecular complexity index is 566. The molecule has 1 heterocycles. The van der Waals surface area contributed by atoms with E-state index >= 15 is 0 Å². The van der Waals surface area contributed by atoms with Gasteiger partial charge in [0.05, 0.1) is 27.8 Å². The standard InChI is InChI=1S/C13H16ClN3O4/c1-8(16-5-4-10(18)7-16)13(19)15-12-3-2-9(17(20)21)6-11(12)14/h2-3,6,8,10,18H,4-5,7H2,1H3,(H,15,19)/t8?,10-/m0/s1. The zero-order valence-electron chi connectivity index (χ0n) is 11.5. The molecule has 0 bridgehead atoms. The molecule has 0 aliphatic carbocycles. The summed E-state index contributed by atoms with van der Waals surface area (Å²) in [6.45, 7) is 2.86. The number of halogens is 1. The maximum Gasteiger partial charge on any atom is 0.271 e. The molecule has 1 aliphatic heterocycles. The number of rotatable bonds is 4. The summed E-state index contributed by atoms with van der Waals surface area (Å²) in [6.07, 6.45) is 0.249. The van der Waals surface area contributed by atoms with Crippen molar-refractivity contribution in [3.8, 4) is 0 Å². The van der Waals surface area contributed by atoms with Gasteiger partial charge in [0, 0.05) is 25.2 Å². The highest BCUT2D eigenvalue weighted by molar-refractivity contribution is 6.34. The number of hydrogen-bond acceptors (Lipinski definition) is 5. The number of nitro groups is 1. The Morgan fingerprint density at radius 3 is 2.86 bits per heavy atom. The van der Waals surface area contributed by atoms with E-state index in [1.807, 2.05) is 4.90 Å². The Morgan fingerprint density at radius 2 is 2.33 bits per heavy atom. The minimum atomic E-state index is -0.550. The molecular weight excluding hydrogens is 298 g/mol. The van der Waals surface area contributed by atoms with Crippen molar-refractivity contribution in [2.45, 2.75) is 25.5 Å². The molecule has 1 amide bonds. The van der Waals surface area contributed by atoms with Crippen LogP contribution in [0.25, 0.3) is 0 Å². The summed E-state index contributed by atoms with van der Waals surface area (Å²) >= 11 is 5.93. The number of benzene rings is 1. The van der Waals surface area contributed by atoms with Gasteiger partial charge in [0.25, 0.3) is 5.69 Å². The number of aliphatic hydroxyl groups excluding tert-OH is 1. The van der Waals surface area contributed by atoms with Crippen molar-refractivity contribution in [2.75, 3.05) is 18.4 Å². The molecule has 2 N–H and O–H groups in total. The van der Waals surface area contributed by atoms with Crippen LogP contribution in [0.3, 0.4) is 0 Å². The smallest absolute Gasteiger partial charge is 0.271 e. The summed E-state index contributed by atoms with van der Waals surface area (Å²) in [4.78, 5) is 24.1. The zero-order chi connectivity index (χ0) is 15.6. The van der Waals surface area contributed by atoms with E-state index in [1.54, 1.807) is 6.92 Å². The molecule has 2 atom stereocenters. The first-order chi connectivity index (χ1) is 9.88. The van der Waals surface area contributed by atoms with Crippen molar-refractivity contribution in [1.29, 1.82) is 0 Å². The van der Waals surface area contributed by atoms with E-state index in [9.17, 15) is 20.0 Å². The minimum absolute atomic E-state index is 0.117. The number of carbonyl (C=O) groups excluding carboxylic acids is 1. The molecular formula is C13H16ClN3O4. The summed E-state index contributed by atoms with van der Waals surface area (Å²) in [7, 11) is 0. The van der Waals surface area contributed by atoms with Gasteiger partial charge in [-0.05, 0) is 19.4 Å². The fourth-order valence-corrected chi connectivity index (χ4v) is 2.46. The van der Waals surface area contributed by atoms with E-state index in [4.69, 9.17) is 11.6 Å². The third-order valence-electron chi connectivity index (χ3n) is 3.54. The number of nitro benzene ring substituents is 1. The first kappa shape index (κ1) is 15.7. The quantitative estimate of drug-likeness (QED) is 0.651. The van der Waals surface area contributed by atoms with Crippen LogP contribution in [0.4, 0.5) is 11.4 Å². The Labute approximate surface area is 126 Å². The Morgan fingerprint density at radius 1 is 1.62 bits per heavy atom. The molecule has 1 saturated heterocycles. The zero-order valence-corrected chi connectivity index (χ0v) is 12.2. The van der Waals surface area contributed by atoms with E-state index in [1.165, 1.54) is 18.2 Å². The van der Waals surface area contributed by atoms with Crippen LogP contribution in [0.5, 0.6) is 0 Å². The van der Waals surface area contributed by atoms with Crippen LogP contribution in [0.1, 0.15) is 13.3 Å². The summed E-state index contributed by atoms with van der Waals surface area (Å²) in [5, 5.41) is 22.9. The molecule has 1 aromatic rings. The molecule has 21 heavy (non-hydrogen) atoms. The topological polar surface area (TPSA) is 95.7 Å². The highest BCUT2D eigenvalue weighted by atomic mass is 35.5. The number of nitrogens with one attached hydrogen (secondary N) is 1. The average Bonchev–Trinajstić information content (AvgIpc) is 2.86. The fraction of sp³-hybridized carbons (Fsp3) is 0.462. The van der Waals surface area contributed by atoms with Crippen LogP contribution < -0.4 is 5.32 Å². The fourth-order valence-electron chi connectivity index (χ4n) is 2.24. The maximum atomic E-state index is 12.2. The first-order valence-electron chi connectivity index (χ1n) is 6.55. The second-order valence-corrected chi connectivity index (χ2v) is 5.43. The van der Waals surface area contributed by atoms with Crippen molar-refractivity contribution in [1.82, 2.24) is 4.90 Å². The number of hydrogen-bond donors (Lipinski definition) is 2. The van der Waals surface area contributed by atoms with Crippen molar-refractivity contribution >= 4 is 28.9 Å². The van der Waals surface area contributed by atoms with Gasteiger partial charge >= 0.3 is 0 Å². The second-order valence-electron chi connectivity index (χ2n) is 5.02. The van der Waals surface area contributed by atoms with Gasteiger partial charge < -0.3 is 10.4 Å². The number of nitrogens with zero attached hydrogens (tertiary/aromatic N) is 2. The van der Waals surface area contributed by atoms with Crippen LogP contribution >= 0.6 is 11.6 Å². The summed E-state index contributed by atoms with van der Waals surface area (Å²) in [5.74, 6) is -0.264. The molecule has 0 spiro atoms. The number of β-amino-alcohol motifs (C(OH)–C–C–N with tert-alkyl or cyclic N) is 1. The average molecular weight is 314 g/mol. The molecule has 0 saturated carbocycles. The monoisotopic (exact) mass is 313 g/mol. The van der Waals surface area contributed by atoms with Gasteiger partial charge in [-0.1, -0.05) is 11.6 Å². The number of likely N-dealkylation sites (tertiary alicyclic amines) is 1. The van der Waals surface area contributed by atoms with Gasteiger partial charge in [-0.2, -0.15) is 0 Å². The Hall–Kier alpha value is -1.70. The Balaban J connectivity index is 2.04. The van der Waals surface area contributed by atoms with Crippen molar-refractivity contribution in [3.63, 3.8) is 0 Å². The molecule has 8 heteroatoms. The molecule has 1 aliphatic rings. The minimum Gasteiger partial charge on any atom is -0.392 e. The highest BCUT2D eigenvalue weighted by Gasteiger charge is 2.28. The molecule has 1 unspecified atom stereocenters. The largest absolute Gasteiger partial charge is 0.392 e. The van der Waals surface area contributed by atoms with E-state index < -0.39 is 17.1 Å². The third kappa shape index (κ3) is 3.69. The van der Waals surface area contributed by atoms with Gasteiger partial charge in [0.2, 0.25) is 5.91 Å². The van der Waals surface area contributed by atoms with Gasteiger partial charge in [-0.25, -0.2) is 0 Å². The van der Waals surface area contributed by atoms with Gasteiger partial charge in [0.15, 0.2) is 0 Å². The van der Waals surface area contributed by atoms with Gasteiger partial charge in [-0.3, -0.25) is 19.8 Å². The van der Waals surface area contributed by atoms with Crippen LogP contribution in [-0.2, 0) is 4.79 Å². The summed E-state index contributed by atoms with van der Waals surface area (Å²) in [6, 6.07) is 3.48. The van der Waals surface area contributed by atoms with E-state index in [0.717, 1.165) is 0 Å². The lowest BCUT2D eigenvalue weighted by atomic mass is 10.2. The second kappa shape index (κ2) is 6.38. The molecule has 2 rings (SSSR count). The molecule has 1 aromatic carbocycles. The molecule has 114 valence electrons. The van der Waals surface area contributed by atoms with Crippen LogP contribution in [0, 0.1) is 10.1 Å². The number of carbonyl (C=O) groups is 1. The van der Waals surface area contributed by atoms with E-state index in [-0.39, 0.29) is 16.6 Å². The maximum absolute atomic E-state index is 12.2. The number of aliphatic hydroxyl groups is 1. The van der Waals surface area contributed by atoms with Crippen LogP contribution in [-0.4, -0.2) is 46.1 Å². The van der Waals surface area contributed by atoms with Gasteiger partial charge in [0.1, 0.15) is 0 Å². The van der Waals surface area contributed by atoms with Crippen LogP contribution in [0.2, 0.25) is 5.02 Å². The lowest BCUT2D eigenvalue weighted by molar-refractivity contribution is -0.384. The van der Waals surface area contributed by atoms with Crippen LogP contribution in [0.15, 0.2) is 18.2 Å². The predicted octanol–water partition coefficient (Wildman–Crippen LogP) is 1.64. The number of amides is 1. The van der Waals surface area contributed by atoms with Crippen molar-refractivity contribution < 1.29 is 14.8 Å². The van der Waals surface area contributed by atoms with Crippen molar-refractivity contribution in [2.24, 2.45) is 0 Å². The van der Waals surface area contributed by atoms with Gasteiger partial charge in [-0.15, -0.1) is 0 Å². The third-order valence-corrected chi connectivity index (χ3v) is 3.86. The highest BCUT2D eigenvalue weighted by Crippen LogP contribution is 2.27. The summed E-state index contributed by atoms with van der Waals surface area (Å²) < 4.78 is 0. The molecule has 0 aromatic heterocycles. The van der Waals surface area contributed by atoms with E-state index in [2.05, 4.69) is 5.32 Å². The molecule has 1 fully saturated rings. The lowest BCUT2D eigenvalue weighted by Gasteiger charge is -2.23. The van der Waals surface area contributed by atoms with E-state index in [0.29, 0.717) is 25.2 Å². The predicted molar refractivity (Wildman–Crippen MR) is 78.4 cm³/mol. The molecule has 7 nitrogen and oxygen atoms in total. The Kier molecular flexibility index (Phi) is 4.76. The summed E-state index contributed by atoms with van der Waals surface area (Å²) in [5.41, 5.74) is 0.201. The first-order valence-corrected chi connectivity index (χ1v) is 6.93.